The van der Waals surface area contributed by atoms with Crippen LogP contribution in [0, 0.1) is 0 Å². The average Bonchev–Trinajstić information content (AvgIpc) is 2.03. The third-order valence-corrected chi connectivity index (χ3v) is 2.03. The van der Waals surface area contributed by atoms with Gasteiger partial charge in [0.25, 0.3) is 0 Å². The van der Waals surface area contributed by atoms with Crippen molar-refractivity contribution in [2.45, 2.75) is 0 Å². The Labute approximate surface area is 71.4 Å². The van der Waals surface area contributed by atoms with Gasteiger partial charge in [0.2, 0.25) is 0 Å². The average molecular weight is 174 g/mol. The van der Waals surface area contributed by atoms with E-state index < -0.39 is 0 Å². The van der Waals surface area contributed by atoms with Crippen molar-refractivity contribution in [2.75, 3.05) is 25.2 Å². The van der Waals surface area contributed by atoms with Gasteiger partial charge in [-0.3, -0.25) is 4.99 Å². The van der Waals surface area contributed by atoms with Gasteiger partial charge in [-0.15, -0.1) is 0 Å². The SMILES string of the molecule is CN=C(/C=C\N)CSCCO. The van der Waals surface area contributed by atoms with Crippen molar-refractivity contribution in [3.05, 3.63) is 12.3 Å². The molecule has 0 atom stereocenters. The molecule has 0 aromatic rings. The number of rotatable bonds is 5. The summed E-state index contributed by atoms with van der Waals surface area (Å²) in [6.07, 6.45) is 3.24. The highest BCUT2D eigenvalue weighted by atomic mass is 32.2. The predicted molar refractivity (Wildman–Crippen MR) is 51.1 cm³/mol. The Morgan fingerprint density at radius 1 is 1.73 bits per heavy atom. The van der Waals surface area contributed by atoms with E-state index in [0.717, 1.165) is 17.2 Å². The first kappa shape index (κ1) is 10.5. The van der Waals surface area contributed by atoms with Gasteiger partial charge >= 0.3 is 0 Å². The Morgan fingerprint density at radius 2 is 2.45 bits per heavy atom. The van der Waals surface area contributed by atoms with E-state index in [1.165, 1.54) is 6.20 Å². The van der Waals surface area contributed by atoms with Gasteiger partial charge in [-0.1, -0.05) is 0 Å². The van der Waals surface area contributed by atoms with Crippen molar-refractivity contribution < 1.29 is 5.11 Å². The predicted octanol–water partition coefficient (Wildman–Crippen LogP) is 0.255. The molecule has 0 aliphatic carbocycles. The normalized spacial score (nSPS) is 12.7. The first-order valence-electron chi connectivity index (χ1n) is 3.37. The largest absolute Gasteiger partial charge is 0.405 e. The highest BCUT2D eigenvalue weighted by Gasteiger charge is 1.92. The van der Waals surface area contributed by atoms with Crippen LogP contribution < -0.4 is 5.73 Å². The lowest BCUT2D eigenvalue weighted by atomic mass is 10.4. The highest BCUT2D eigenvalue weighted by Crippen LogP contribution is 1.99. The molecule has 0 fully saturated rings. The van der Waals surface area contributed by atoms with Crippen LogP contribution in [0.25, 0.3) is 0 Å². The molecule has 0 unspecified atom stereocenters. The fraction of sp³-hybridized carbons (Fsp3) is 0.571. The lowest BCUT2D eigenvalue weighted by molar-refractivity contribution is 0.322. The molecule has 0 aromatic carbocycles. The van der Waals surface area contributed by atoms with Crippen LogP contribution in [0.3, 0.4) is 0 Å². The summed E-state index contributed by atoms with van der Waals surface area (Å²) in [5.41, 5.74) is 6.14. The molecule has 0 rings (SSSR count). The van der Waals surface area contributed by atoms with Crippen LogP contribution in [0.5, 0.6) is 0 Å². The molecule has 0 heterocycles. The molecule has 0 amide bonds. The second kappa shape index (κ2) is 7.63. The van der Waals surface area contributed by atoms with E-state index in [0.29, 0.717) is 0 Å². The summed E-state index contributed by atoms with van der Waals surface area (Å²) in [4.78, 5) is 4.00. The summed E-state index contributed by atoms with van der Waals surface area (Å²) in [5.74, 6) is 1.56. The van der Waals surface area contributed by atoms with E-state index in [9.17, 15) is 0 Å². The molecule has 0 aromatic heterocycles. The van der Waals surface area contributed by atoms with Crippen molar-refractivity contribution in [3.8, 4) is 0 Å². The van der Waals surface area contributed by atoms with E-state index in [1.54, 1.807) is 24.9 Å². The number of aliphatic hydroxyl groups excluding tert-OH is 1. The Hall–Kier alpha value is -0.480. The highest BCUT2D eigenvalue weighted by molar-refractivity contribution is 8.00. The molecule has 4 heteroatoms. The number of aliphatic imine (C=N–C) groups is 1. The van der Waals surface area contributed by atoms with Gasteiger partial charge in [-0.05, 0) is 12.3 Å². The number of aliphatic hydroxyl groups is 1. The lowest BCUT2D eigenvalue weighted by Crippen LogP contribution is -2.00. The van der Waals surface area contributed by atoms with E-state index in [4.69, 9.17) is 10.8 Å². The van der Waals surface area contributed by atoms with Crippen molar-refractivity contribution in [1.82, 2.24) is 0 Å². The topological polar surface area (TPSA) is 58.6 Å². The third-order valence-electron chi connectivity index (χ3n) is 1.06. The molecule has 3 nitrogen and oxygen atoms in total. The number of hydrogen-bond acceptors (Lipinski definition) is 4. The minimum Gasteiger partial charge on any atom is -0.405 e. The lowest BCUT2D eigenvalue weighted by Gasteiger charge is -1.97. The fourth-order valence-corrected chi connectivity index (χ4v) is 1.25. The zero-order valence-electron chi connectivity index (χ0n) is 6.66. The third kappa shape index (κ3) is 5.94. The molecule has 0 aliphatic heterocycles. The molecule has 0 aliphatic rings. The summed E-state index contributed by atoms with van der Waals surface area (Å²) >= 11 is 1.64. The molecule has 64 valence electrons. The number of hydrogen-bond donors (Lipinski definition) is 2. The molecule has 0 radical (unpaired) electrons. The molecule has 0 spiro atoms. The minimum absolute atomic E-state index is 0.216. The number of thioether (sulfide) groups is 1. The van der Waals surface area contributed by atoms with Crippen molar-refractivity contribution in [3.63, 3.8) is 0 Å². The minimum atomic E-state index is 0.216. The summed E-state index contributed by atoms with van der Waals surface area (Å²) in [6.45, 7) is 0.216. The van der Waals surface area contributed by atoms with Crippen LogP contribution in [-0.2, 0) is 0 Å². The smallest absolute Gasteiger partial charge is 0.0521 e. The van der Waals surface area contributed by atoms with E-state index in [1.807, 2.05) is 0 Å². The van der Waals surface area contributed by atoms with Crippen LogP contribution in [0.1, 0.15) is 0 Å². The first-order chi connectivity index (χ1) is 5.35. The fourth-order valence-electron chi connectivity index (χ4n) is 0.540. The molecule has 0 bridgehead atoms. The van der Waals surface area contributed by atoms with E-state index >= 15 is 0 Å². The molecule has 0 saturated carbocycles. The Bertz CT molecular complexity index is 145. The van der Waals surface area contributed by atoms with Gasteiger partial charge in [0, 0.05) is 24.3 Å². The van der Waals surface area contributed by atoms with Crippen LogP contribution in [0.15, 0.2) is 17.3 Å². The van der Waals surface area contributed by atoms with Gasteiger partial charge in [0.1, 0.15) is 0 Å². The maximum Gasteiger partial charge on any atom is 0.0521 e. The monoisotopic (exact) mass is 174 g/mol. The second-order valence-corrected chi connectivity index (χ2v) is 2.96. The summed E-state index contributed by atoms with van der Waals surface area (Å²) in [7, 11) is 1.73. The van der Waals surface area contributed by atoms with E-state index in [2.05, 4.69) is 4.99 Å². The van der Waals surface area contributed by atoms with Crippen LogP contribution in [0.2, 0.25) is 0 Å². The van der Waals surface area contributed by atoms with Crippen LogP contribution in [0.4, 0.5) is 0 Å². The molecular formula is C7H14N2OS. The van der Waals surface area contributed by atoms with Gasteiger partial charge in [0.15, 0.2) is 0 Å². The Kier molecular flexibility index (Phi) is 7.29. The number of nitrogens with zero attached hydrogens (tertiary/aromatic N) is 1. The zero-order chi connectivity index (χ0) is 8.53. The van der Waals surface area contributed by atoms with Gasteiger partial charge in [-0.2, -0.15) is 11.8 Å². The molecule has 3 N–H and O–H groups in total. The quantitative estimate of drug-likeness (QED) is 0.464. The van der Waals surface area contributed by atoms with Crippen molar-refractivity contribution >= 4 is 17.5 Å². The zero-order valence-corrected chi connectivity index (χ0v) is 7.47. The van der Waals surface area contributed by atoms with Gasteiger partial charge in [-0.25, -0.2) is 0 Å². The summed E-state index contributed by atoms with van der Waals surface area (Å²) in [5, 5.41) is 8.48. The van der Waals surface area contributed by atoms with E-state index in [-0.39, 0.29) is 6.61 Å². The van der Waals surface area contributed by atoms with Crippen LogP contribution in [-0.4, -0.2) is 36.0 Å². The summed E-state index contributed by atoms with van der Waals surface area (Å²) in [6, 6.07) is 0. The van der Waals surface area contributed by atoms with Gasteiger partial charge in [0.05, 0.1) is 6.61 Å². The van der Waals surface area contributed by atoms with Crippen LogP contribution >= 0.6 is 11.8 Å². The molecular weight excluding hydrogens is 160 g/mol. The maximum absolute atomic E-state index is 8.48. The van der Waals surface area contributed by atoms with Crippen molar-refractivity contribution in [1.29, 1.82) is 0 Å². The Morgan fingerprint density at radius 3 is 2.91 bits per heavy atom. The maximum atomic E-state index is 8.48. The molecule has 11 heavy (non-hydrogen) atoms. The second-order valence-electron chi connectivity index (χ2n) is 1.85. The summed E-state index contributed by atoms with van der Waals surface area (Å²) < 4.78 is 0. The van der Waals surface area contributed by atoms with Gasteiger partial charge < -0.3 is 10.8 Å². The van der Waals surface area contributed by atoms with Crippen molar-refractivity contribution in [2.24, 2.45) is 10.7 Å². The first-order valence-corrected chi connectivity index (χ1v) is 4.53. The molecule has 0 saturated heterocycles. The number of allylic oxidation sites excluding steroid dienone is 1. The number of nitrogens with two attached hydrogens (primary N) is 1. The Balaban J connectivity index is 3.54. The standard InChI is InChI=1S/C7H14N2OS/c1-9-7(2-3-8)6-11-5-4-10/h2-3,10H,4-6,8H2,1H3/b3-2-,9-7?.